The number of nitro groups is 1. The van der Waals surface area contributed by atoms with Crippen LogP contribution in [0, 0.1) is 24.0 Å². The number of nitrogens with one attached hydrogen (secondary N) is 1. The summed E-state index contributed by atoms with van der Waals surface area (Å²) in [5, 5.41) is 17.6. The Balaban J connectivity index is 2.15. The van der Waals surface area contributed by atoms with Gasteiger partial charge in [-0.3, -0.25) is 24.4 Å². The lowest BCUT2D eigenvalue weighted by Crippen LogP contribution is -2.16. The highest BCUT2D eigenvalue weighted by Gasteiger charge is 2.25. The van der Waals surface area contributed by atoms with Crippen molar-refractivity contribution in [1.29, 1.82) is 0 Å². The Bertz CT molecular complexity index is 948. The highest BCUT2D eigenvalue weighted by atomic mass is 32.1. The van der Waals surface area contributed by atoms with Gasteiger partial charge in [-0.15, -0.1) is 11.3 Å². The molecule has 0 atom stereocenters. The minimum atomic E-state index is -0.715. The molecule has 0 spiro atoms. The molecule has 0 radical (unpaired) electrons. The van der Waals surface area contributed by atoms with E-state index in [0.717, 1.165) is 11.3 Å². The fraction of sp³-hybridized carbons (Fsp3) is 0.375. The maximum Gasteiger partial charge on any atom is 0.341 e. The van der Waals surface area contributed by atoms with E-state index in [2.05, 4.69) is 10.4 Å². The second kappa shape index (κ2) is 8.61. The zero-order valence-electron chi connectivity index (χ0n) is 15.5. The zero-order chi connectivity index (χ0) is 21.0. The number of nitrogens with two attached hydrogens (primary N) is 1. The standard InChI is InChI=1S/C16H19N5O6S/c1-4-27-16(24)12-8(2)13(14(17)23)28-15(12)18-11(22)5-6-20-7-10(21(25)26)9(3)19-20/h7H,4-6H2,1-3H3,(H2,17,23)(H,18,22). The molecule has 28 heavy (non-hydrogen) atoms. The number of aryl methyl sites for hydroxylation is 2. The third kappa shape index (κ3) is 4.52. The van der Waals surface area contributed by atoms with Gasteiger partial charge in [0.1, 0.15) is 16.9 Å². The van der Waals surface area contributed by atoms with Gasteiger partial charge in [0.05, 0.1) is 22.0 Å². The van der Waals surface area contributed by atoms with Crippen LogP contribution in [0.1, 0.15) is 44.6 Å². The van der Waals surface area contributed by atoms with Crippen LogP contribution in [-0.4, -0.2) is 39.1 Å². The van der Waals surface area contributed by atoms with Gasteiger partial charge in [0, 0.05) is 13.0 Å². The Morgan fingerprint density at radius 2 is 2.07 bits per heavy atom. The largest absolute Gasteiger partial charge is 0.462 e. The van der Waals surface area contributed by atoms with Crippen molar-refractivity contribution in [1.82, 2.24) is 9.78 Å². The third-order valence-electron chi connectivity index (χ3n) is 3.79. The third-order valence-corrected chi connectivity index (χ3v) is 5.01. The van der Waals surface area contributed by atoms with Crippen molar-refractivity contribution in [2.45, 2.75) is 33.7 Å². The minimum absolute atomic E-state index is 0.0522. The van der Waals surface area contributed by atoms with E-state index in [1.54, 1.807) is 13.8 Å². The normalized spacial score (nSPS) is 10.5. The van der Waals surface area contributed by atoms with Crippen LogP contribution in [0.25, 0.3) is 0 Å². The van der Waals surface area contributed by atoms with Gasteiger partial charge < -0.3 is 15.8 Å². The van der Waals surface area contributed by atoms with Gasteiger partial charge in [0.25, 0.3) is 5.91 Å². The van der Waals surface area contributed by atoms with Crippen molar-refractivity contribution in [3.05, 3.63) is 38.0 Å². The molecular weight excluding hydrogens is 390 g/mol. The van der Waals surface area contributed by atoms with Crippen LogP contribution < -0.4 is 11.1 Å². The fourth-order valence-electron chi connectivity index (χ4n) is 2.49. The number of rotatable bonds is 8. The van der Waals surface area contributed by atoms with Crippen LogP contribution in [0.5, 0.6) is 0 Å². The van der Waals surface area contributed by atoms with E-state index in [1.165, 1.54) is 17.8 Å². The van der Waals surface area contributed by atoms with Gasteiger partial charge in [-0.25, -0.2) is 4.79 Å². The minimum Gasteiger partial charge on any atom is -0.462 e. The Morgan fingerprint density at radius 1 is 1.39 bits per heavy atom. The van der Waals surface area contributed by atoms with E-state index >= 15 is 0 Å². The van der Waals surface area contributed by atoms with Crippen LogP contribution in [0.15, 0.2) is 6.20 Å². The summed E-state index contributed by atoms with van der Waals surface area (Å²) >= 11 is 0.890. The summed E-state index contributed by atoms with van der Waals surface area (Å²) in [6.07, 6.45) is 1.19. The smallest absolute Gasteiger partial charge is 0.341 e. The summed E-state index contributed by atoms with van der Waals surface area (Å²) in [5.41, 5.74) is 5.85. The maximum absolute atomic E-state index is 12.3. The second-order valence-corrected chi connectivity index (χ2v) is 6.78. The molecule has 0 bridgehead atoms. The average Bonchev–Trinajstić information content (AvgIpc) is 3.13. The van der Waals surface area contributed by atoms with Crippen LogP contribution in [0.2, 0.25) is 0 Å². The molecule has 150 valence electrons. The molecule has 2 amide bonds. The molecular formula is C16H19N5O6S. The lowest BCUT2D eigenvalue weighted by atomic mass is 10.1. The molecule has 0 aliphatic carbocycles. The SMILES string of the molecule is CCOC(=O)c1c(NC(=O)CCn2cc([N+](=O)[O-])c(C)n2)sc(C(N)=O)c1C. The Hall–Kier alpha value is -3.28. The first-order chi connectivity index (χ1) is 13.1. The van der Waals surface area contributed by atoms with Crippen molar-refractivity contribution >= 4 is 39.8 Å². The van der Waals surface area contributed by atoms with Crippen molar-refractivity contribution in [3.63, 3.8) is 0 Å². The van der Waals surface area contributed by atoms with Gasteiger partial charge in [0.2, 0.25) is 5.91 Å². The van der Waals surface area contributed by atoms with E-state index in [1.807, 2.05) is 0 Å². The molecule has 2 aromatic rings. The summed E-state index contributed by atoms with van der Waals surface area (Å²) < 4.78 is 6.28. The first-order valence-electron chi connectivity index (χ1n) is 8.24. The number of primary amides is 1. The second-order valence-electron chi connectivity index (χ2n) is 5.76. The number of aromatic nitrogens is 2. The van der Waals surface area contributed by atoms with Gasteiger partial charge in [0.15, 0.2) is 0 Å². The molecule has 0 saturated carbocycles. The summed E-state index contributed by atoms with van der Waals surface area (Å²) in [6, 6.07) is 0. The van der Waals surface area contributed by atoms with Gasteiger partial charge >= 0.3 is 11.7 Å². The number of carbonyl (C=O) groups excluding carboxylic acids is 3. The average molecular weight is 409 g/mol. The number of esters is 1. The fourth-order valence-corrected chi connectivity index (χ4v) is 3.56. The molecule has 12 heteroatoms. The van der Waals surface area contributed by atoms with Gasteiger partial charge in [-0.1, -0.05) is 0 Å². The molecule has 0 aliphatic rings. The molecule has 0 fully saturated rings. The molecule has 2 heterocycles. The Kier molecular flexibility index (Phi) is 6.46. The van der Waals surface area contributed by atoms with Gasteiger partial charge in [-0.2, -0.15) is 5.10 Å². The Labute approximate surface area is 163 Å². The van der Waals surface area contributed by atoms with Crippen LogP contribution in [-0.2, 0) is 16.1 Å². The predicted molar refractivity (Wildman–Crippen MR) is 100 cm³/mol. The van der Waals surface area contributed by atoms with E-state index < -0.39 is 22.7 Å². The van der Waals surface area contributed by atoms with E-state index in [0.29, 0.717) is 5.56 Å². The molecule has 0 aromatic carbocycles. The van der Waals surface area contributed by atoms with Crippen molar-refractivity contribution in [2.24, 2.45) is 5.73 Å². The first-order valence-corrected chi connectivity index (χ1v) is 9.05. The number of anilines is 1. The van der Waals surface area contributed by atoms with E-state index in [-0.39, 0.29) is 46.4 Å². The number of carbonyl (C=O) groups is 3. The molecule has 11 nitrogen and oxygen atoms in total. The number of amides is 2. The lowest BCUT2D eigenvalue weighted by Gasteiger charge is -2.07. The quantitative estimate of drug-likeness (QED) is 0.382. The summed E-state index contributed by atoms with van der Waals surface area (Å²) in [5.74, 6) is -1.84. The number of thiophene rings is 1. The van der Waals surface area contributed by atoms with Crippen molar-refractivity contribution in [3.8, 4) is 0 Å². The molecule has 0 saturated heterocycles. The highest BCUT2D eigenvalue weighted by molar-refractivity contribution is 7.18. The van der Waals surface area contributed by atoms with Gasteiger partial charge in [-0.05, 0) is 26.3 Å². The van der Waals surface area contributed by atoms with E-state index in [4.69, 9.17) is 10.5 Å². The summed E-state index contributed by atoms with van der Waals surface area (Å²) in [7, 11) is 0. The van der Waals surface area contributed by atoms with E-state index in [9.17, 15) is 24.5 Å². The monoisotopic (exact) mass is 409 g/mol. The number of hydrogen-bond donors (Lipinski definition) is 2. The number of ether oxygens (including phenoxy) is 1. The van der Waals surface area contributed by atoms with Crippen molar-refractivity contribution in [2.75, 3.05) is 11.9 Å². The maximum atomic E-state index is 12.3. The topological polar surface area (TPSA) is 159 Å². The molecule has 3 N–H and O–H groups in total. The molecule has 0 aliphatic heterocycles. The first kappa shape index (κ1) is 21.0. The number of nitrogens with zero attached hydrogens (tertiary/aromatic N) is 3. The zero-order valence-corrected chi connectivity index (χ0v) is 16.3. The highest BCUT2D eigenvalue weighted by Crippen LogP contribution is 2.33. The molecule has 0 unspecified atom stereocenters. The van der Waals surface area contributed by atoms with Crippen LogP contribution in [0.3, 0.4) is 0 Å². The predicted octanol–water partition coefficient (Wildman–Crippen LogP) is 1.77. The Morgan fingerprint density at radius 3 is 2.61 bits per heavy atom. The molecule has 2 rings (SSSR count). The lowest BCUT2D eigenvalue weighted by molar-refractivity contribution is -0.385. The summed E-state index contributed by atoms with van der Waals surface area (Å²) in [4.78, 5) is 46.5. The summed E-state index contributed by atoms with van der Waals surface area (Å²) in [6.45, 7) is 4.91. The van der Waals surface area contributed by atoms with Crippen molar-refractivity contribution < 1.29 is 24.0 Å². The van der Waals surface area contributed by atoms with Crippen LogP contribution in [0.4, 0.5) is 10.7 Å². The number of hydrogen-bond acceptors (Lipinski definition) is 8. The van der Waals surface area contributed by atoms with Crippen LogP contribution >= 0.6 is 11.3 Å². The molecule has 2 aromatic heterocycles.